The van der Waals surface area contributed by atoms with Gasteiger partial charge in [-0.2, -0.15) is 5.26 Å². The minimum Gasteiger partial charge on any atom is -0.366 e. The highest BCUT2D eigenvalue weighted by atomic mass is 32.2. The second-order valence-corrected chi connectivity index (χ2v) is 7.55. The van der Waals surface area contributed by atoms with Gasteiger partial charge in [0, 0.05) is 11.6 Å². The molecule has 0 amide bonds. The molecule has 1 aromatic carbocycles. The molecule has 1 N–H and O–H groups in total. The monoisotopic (exact) mass is 352 g/mol. The minimum absolute atomic E-state index is 0.372. The zero-order chi connectivity index (χ0) is 17.8. The van der Waals surface area contributed by atoms with Crippen LogP contribution in [0.5, 0.6) is 0 Å². The van der Waals surface area contributed by atoms with Gasteiger partial charge >= 0.3 is 0 Å². The third-order valence-electron chi connectivity index (χ3n) is 4.94. The molecule has 4 nitrogen and oxygen atoms in total. The van der Waals surface area contributed by atoms with Gasteiger partial charge in [0.15, 0.2) is 5.16 Å². The second-order valence-electron chi connectivity index (χ2n) is 6.77. The smallest absolute Gasteiger partial charge is 0.189 e. The Balaban J connectivity index is 2.04. The Morgan fingerprint density at radius 1 is 1.16 bits per heavy atom. The molecule has 0 radical (unpaired) electrons. The highest BCUT2D eigenvalue weighted by Gasteiger charge is 2.24. The van der Waals surface area contributed by atoms with Crippen molar-refractivity contribution >= 4 is 17.6 Å². The first kappa shape index (κ1) is 17.8. The number of hydrogen-bond donors (Lipinski definition) is 1. The number of rotatable bonds is 4. The molecule has 0 bridgehead atoms. The van der Waals surface area contributed by atoms with Crippen LogP contribution in [0, 0.1) is 24.2 Å². The van der Waals surface area contributed by atoms with Gasteiger partial charge in [-0.3, -0.25) is 0 Å². The molecule has 0 aliphatic heterocycles. The van der Waals surface area contributed by atoms with Crippen molar-refractivity contribution in [2.24, 2.45) is 5.92 Å². The number of aromatic nitrogens is 2. The van der Waals surface area contributed by atoms with E-state index in [1.165, 1.54) is 36.6 Å². The average Bonchev–Trinajstić information content (AvgIpc) is 2.63. The Kier molecular flexibility index (Phi) is 5.60. The molecule has 3 rings (SSSR count). The molecule has 1 aliphatic rings. The average molecular weight is 353 g/mol. The molecule has 1 aromatic heterocycles. The van der Waals surface area contributed by atoms with E-state index in [4.69, 9.17) is 0 Å². The molecular weight excluding hydrogens is 328 g/mol. The molecule has 130 valence electrons. The molecule has 1 aliphatic carbocycles. The van der Waals surface area contributed by atoms with Crippen LogP contribution in [0.15, 0.2) is 29.4 Å². The molecule has 2 atom stereocenters. The van der Waals surface area contributed by atoms with Gasteiger partial charge < -0.3 is 5.32 Å². The largest absolute Gasteiger partial charge is 0.366 e. The predicted molar refractivity (Wildman–Crippen MR) is 104 cm³/mol. The fraction of sp³-hybridized carbons (Fsp3) is 0.450. The third kappa shape index (κ3) is 3.96. The van der Waals surface area contributed by atoms with E-state index in [2.05, 4.69) is 35.2 Å². The van der Waals surface area contributed by atoms with Crippen molar-refractivity contribution in [1.29, 1.82) is 5.26 Å². The van der Waals surface area contributed by atoms with E-state index in [-0.39, 0.29) is 0 Å². The Bertz CT molecular complexity index is 780. The first-order valence-corrected chi connectivity index (χ1v) is 10.0. The van der Waals surface area contributed by atoms with Gasteiger partial charge in [0.1, 0.15) is 17.5 Å². The molecule has 5 heteroatoms. The Morgan fingerprint density at radius 2 is 1.88 bits per heavy atom. The molecule has 0 saturated heterocycles. The number of nitrogens with one attached hydrogen (secondary N) is 1. The summed E-state index contributed by atoms with van der Waals surface area (Å²) < 4.78 is 0. The molecule has 25 heavy (non-hydrogen) atoms. The van der Waals surface area contributed by atoms with Crippen molar-refractivity contribution in [3.63, 3.8) is 0 Å². The lowest BCUT2D eigenvalue weighted by molar-refractivity contribution is 0.349. The summed E-state index contributed by atoms with van der Waals surface area (Å²) in [5, 5.41) is 14.1. The van der Waals surface area contributed by atoms with Gasteiger partial charge in [-0.05, 0) is 31.9 Å². The summed E-state index contributed by atoms with van der Waals surface area (Å²) in [6.45, 7) is 4.33. The maximum atomic E-state index is 9.80. The summed E-state index contributed by atoms with van der Waals surface area (Å²) in [7, 11) is 0. The van der Waals surface area contributed by atoms with Crippen LogP contribution in [0.4, 0.5) is 5.82 Å². The maximum absolute atomic E-state index is 9.80. The van der Waals surface area contributed by atoms with Crippen LogP contribution >= 0.6 is 11.8 Å². The van der Waals surface area contributed by atoms with Gasteiger partial charge in [-0.25, -0.2) is 9.97 Å². The van der Waals surface area contributed by atoms with Crippen LogP contribution in [0.2, 0.25) is 0 Å². The van der Waals surface area contributed by atoms with Gasteiger partial charge in [-0.15, -0.1) is 0 Å². The van der Waals surface area contributed by atoms with Crippen LogP contribution < -0.4 is 5.32 Å². The lowest BCUT2D eigenvalue weighted by atomic mass is 9.86. The van der Waals surface area contributed by atoms with Crippen molar-refractivity contribution in [3.8, 4) is 17.3 Å². The van der Waals surface area contributed by atoms with E-state index >= 15 is 0 Å². The fourth-order valence-corrected chi connectivity index (χ4v) is 3.73. The van der Waals surface area contributed by atoms with E-state index < -0.39 is 0 Å². The quantitative estimate of drug-likeness (QED) is 0.617. The number of nitriles is 1. The van der Waals surface area contributed by atoms with Crippen molar-refractivity contribution in [3.05, 3.63) is 35.4 Å². The summed E-state index contributed by atoms with van der Waals surface area (Å²) in [5.41, 5.74) is 3.41. The van der Waals surface area contributed by atoms with E-state index in [1.54, 1.807) is 0 Å². The lowest BCUT2D eigenvalue weighted by Gasteiger charge is -2.30. The Labute approximate surface area is 154 Å². The fourth-order valence-electron chi connectivity index (χ4n) is 3.37. The zero-order valence-electron chi connectivity index (χ0n) is 15.0. The summed E-state index contributed by atoms with van der Waals surface area (Å²) in [6, 6.07) is 10.9. The summed E-state index contributed by atoms with van der Waals surface area (Å²) in [6.07, 6.45) is 6.84. The standard InChI is InChI=1S/C20H24N4S/c1-13-8-10-15(11-9-13)18-16(12-21)19(24-20(23-18)25-3)22-17-7-5-4-6-14(17)2/h8-11,14,17H,4-7H2,1-3H3,(H,22,23,24). The number of hydrogen-bond acceptors (Lipinski definition) is 5. The summed E-state index contributed by atoms with van der Waals surface area (Å²) >= 11 is 1.51. The zero-order valence-corrected chi connectivity index (χ0v) is 15.9. The number of benzene rings is 1. The number of aryl methyl sites for hydroxylation is 1. The van der Waals surface area contributed by atoms with Crippen molar-refractivity contribution in [1.82, 2.24) is 9.97 Å². The van der Waals surface area contributed by atoms with Gasteiger partial charge in [0.05, 0.1) is 5.69 Å². The predicted octanol–water partition coefficient (Wildman–Crippen LogP) is 5.04. The van der Waals surface area contributed by atoms with E-state index in [0.29, 0.717) is 34.2 Å². The number of thioether (sulfide) groups is 1. The van der Waals surface area contributed by atoms with Crippen molar-refractivity contribution < 1.29 is 0 Å². The summed E-state index contributed by atoms with van der Waals surface area (Å²) in [5.74, 6) is 1.27. The van der Waals surface area contributed by atoms with E-state index in [1.807, 2.05) is 30.5 Å². The molecule has 1 fully saturated rings. The minimum atomic E-state index is 0.372. The molecule has 1 heterocycles. The van der Waals surface area contributed by atoms with E-state index in [0.717, 1.165) is 12.0 Å². The normalized spacial score (nSPS) is 20.1. The third-order valence-corrected chi connectivity index (χ3v) is 5.49. The number of anilines is 1. The molecule has 1 saturated carbocycles. The molecule has 2 unspecified atom stereocenters. The van der Waals surface area contributed by atoms with Gasteiger partial charge in [-0.1, -0.05) is 61.4 Å². The highest BCUT2D eigenvalue weighted by Crippen LogP contribution is 2.32. The van der Waals surface area contributed by atoms with Gasteiger partial charge in [0.25, 0.3) is 0 Å². The van der Waals surface area contributed by atoms with Crippen molar-refractivity contribution in [2.75, 3.05) is 11.6 Å². The second kappa shape index (κ2) is 7.88. The van der Waals surface area contributed by atoms with E-state index in [9.17, 15) is 5.26 Å². The number of nitrogens with zero attached hydrogens (tertiary/aromatic N) is 3. The maximum Gasteiger partial charge on any atom is 0.189 e. The lowest BCUT2D eigenvalue weighted by Crippen LogP contribution is -2.31. The van der Waals surface area contributed by atoms with Crippen LogP contribution in [0.25, 0.3) is 11.3 Å². The topological polar surface area (TPSA) is 61.6 Å². The SMILES string of the molecule is CSc1nc(NC2CCCCC2C)c(C#N)c(-c2ccc(C)cc2)n1. The molecular formula is C20H24N4S. The van der Waals surface area contributed by atoms with Gasteiger partial charge in [0.2, 0.25) is 0 Å². The van der Waals surface area contributed by atoms with Crippen LogP contribution in [0.1, 0.15) is 43.7 Å². The molecule has 0 spiro atoms. The van der Waals surface area contributed by atoms with Crippen molar-refractivity contribution in [2.45, 2.75) is 50.7 Å². The summed E-state index contributed by atoms with van der Waals surface area (Å²) in [4.78, 5) is 9.24. The van der Waals surface area contributed by atoms with Crippen LogP contribution in [-0.4, -0.2) is 22.3 Å². The van der Waals surface area contributed by atoms with Crippen LogP contribution in [0.3, 0.4) is 0 Å². The molecule has 2 aromatic rings. The first-order chi connectivity index (χ1) is 12.1. The Morgan fingerprint density at radius 3 is 2.52 bits per heavy atom. The highest BCUT2D eigenvalue weighted by molar-refractivity contribution is 7.98. The van der Waals surface area contributed by atoms with Crippen LogP contribution in [-0.2, 0) is 0 Å². The first-order valence-electron chi connectivity index (χ1n) is 8.82. The Hall–Kier alpha value is -2.06.